The molecular weight excluding hydrogens is 380 g/mol. The zero-order chi connectivity index (χ0) is 19.2. The number of amides is 1. The first-order chi connectivity index (χ1) is 13.1. The number of H-pyrrole nitrogens is 1. The Morgan fingerprint density at radius 2 is 2.07 bits per heavy atom. The monoisotopic (exact) mass is 402 g/mol. The number of carbonyl (C=O) groups excluding carboxylic acids is 1. The molecule has 3 aromatic rings. The number of aryl methyl sites for hydroxylation is 2. The summed E-state index contributed by atoms with van der Waals surface area (Å²) in [6.45, 7) is 4.60. The van der Waals surface area contributed by atoms with Crippen LogP contribution in [-0.2, 0) is 17.8 Å². The fourth-order valence-electron chi connectivity index (χ4n) is 2.58. The second kappa shape index (κ2) is 9.01. The number of nitrogens with zero attached hydrogens (tertiary/aromatic N) is 4. The maximum Gasteiger partial charge on any atom is 0.227 e. The van der Waals surface area contributed by atoms with E-state index in [4.69, 9.17) is 12.2 Å². The molecule has 0 saturated heterocycles. The third-order valence-electron chi connectivity index (χ3n) is 4.09. The Labute approximate surface area is 166 Å². The van der Waals surface area contributed by atoms with Gasteiger partial charge in [0.2, 0.25) is 11.0 Å². The zero-order valence-electron chi connectivity index (χ0n) is 15.4. The van der Waals surface area contributed by atoms with Gasteiger partial charge < -0.3 is 5.32 Å². The molecule has 0 unspecified atom stereocenters. The van der Waals surface area contributed by atoms with Gasteiger partial charge in [0, 0.05) is 24.9 Å². The summed E-state index contributed by atoms with van der Waals surface area (Å²) in [5, 5.41) is 19.6. The molecule has 0 radical (unpaired) electrons. The number of aromatic nitrogens is 5. The first kappa shape index (κ1) is 19.4. The van der Waals surface area contributed by atoms with Crippen LogP contribution in [0, 0.1) is 11.7 Å². The maximum atomic E-state index is 12.3. The Bertz CT molecular complexity index is 957. The normalized spacial score (nSPS) is 10.9. The minimum Gasteiger partial charge on any atom is -0.300 e. The third kappa shape index (κ3) is 5.08. The standard InChI is InChI=1S/C18H22N6OS2/c1-3-4-5-15-20-22-17(27-15)19-14(25)10-11-24-16(21-23-18(24)26)13-8-6-12(2)7-9-13/h6-9H,3-5,10-11H2,1-2H3,(H,23,26)(H,19,22,25). The molecule has 0 bridgehead atoms. The van der Waals surface area contributed by atoms with Crippen LogP contribution in [0.15, 0.2) is 24.3 Å². The summed E-state index contributed by atoms with van der Waals surface area (Å²) < 4.78 is 2.34. The minimum atomic E-state index is -0.119. The van der Waals surface area contributed by atoms with E-state index in [0.717, 1.165) is 35.7 Å². The SMILES string of the molecule is CCCCc1nnc(NC(=O)CCn2c(-c3ccc(C)cc3)n[nH]c2=S)s1. The Kier molecular flexibility index (Phi) is 6.46. The van der Waals surface area contributed by atoms with Crippen LogP contribution in [0.1, 0.15) is 36.8 Å². The van der Waals surface area contributed by atoms with Crippen LogP contribution in [0.25, 0.3) is 11.4 Å². The van der Waals surface area contributed by atoms with Gasteiger partial charge >= 0.3 is 0 Å². The number of rotatable bonds is 8. The van der Waals surface area contributed by atoms with Gasteiger partial charge in [-0.05, 0) is 25.6 Å². The number of anilines is 1. The van der Waals surface area contributed by atoms with Gasteiger partial charge in [-0.2, -0.15) is 5.10 Å². The molecule has 1 aromatic carbocycles. The lowest BCUT2D eigenvalue weighted by Crippen LogP contribution is -2.15. The van der Waals surface area contributed by atoms with Crippen LogP contribution < -0.4 is 5.32 Å². The fourth-order valence-corrected chi connectivity index (χ4v) is 3.60. The molecule has 0 saturated carbocycles. The van der Waals surface area contributed by atoms with Gasteiger partial charge in [0.1, 0.15) is 5.01 Å². The van der Waals surface area contributed by atoms with Crippen molar-refractivity contribution in [2.45, 2.75) is 46.1 Å². The van der Waals surface area contributed by atoms with Crippen LogP contribution in [0.3, 0.4) is 0 Å². The summed E-state index contributed by atoms with van der Waals surface area (Å²) in [5.41, 5.74) is 2.13. The second-order valence-electron chi connectivity index (χ2n) is 6.27. The zero-order valence-corrected chi connectivity index (χ0v) is 17.0. The summed E-state index contributed by atoms with van der Waals surface area (Å²) >= 11 is 6.75. The van der Waals surface area contributed by atoms with Crippen molar-refractivity contribution in [2.24, 2.45) is 0 Å². The highest BCUT2D eigenvalue weighted by molar-refractivity contribution is 7.71. The van der Waals surface area contributed by atoms with Crippen molar-refractivity contribution < 1.29 is 4.79 Å². The smallest absolute Gasteiger partial charge is 0.227 e. The van der Waals surface area contributed by atoms with Crippen LogP contribution >= 0.6 is 23.6 Å². The Hall–Kier alpha value is -2.39. The molecule has 7 nitrogen and oxygen atoms in total. The number of nitrogens with one attached hydrogen (secondary N) is 2. The van der Waals surface area contributed by atoms with Crippen molar-refractivity contribution in [1.29, 1.82) is 0 Å². The average molecular weight is 403 g/mol. The van der Waals surface area contributed by atoms with E-state index >= 15 is 0 Å². The first-order valence-corrected chi connectivity index (χ1v) is 10.1. The largest absolute Gasteiger partial charge is 0.300 e. The summed E-state index contributed by atoms with van der Waals surface area (Å²) in [7, 11) is 0. The molecular formula is C18H22N6OS2. The van der Waals surface area contributed by atoms with E-state index in [1.165, 1.54) is 16.9 Å². The van der Waals surface area contributed by atoms with Crippen molar-refractivity contribution in [1.82, 2.24) is 25.0 Å². The molecule has 27 heavy (non-hydrogen) atoms. The highest BCUT2D eigenvalue weighted by Crippen LogP contribution is 2.19. The topological polar surface area (TPSA) is 88.5 Å². The van der Waals surface area contributed by atoms with Crippen LogP contribution in [0.2, 0.25) is 0 Å². The van der Waals surface area contributed by atoms with E-state index in [1.54, 1.807) is 0 Å². The molecule has 1 amide bonds. The Morgan fingerprint density at radius 3 is 2.81 bits per heavy atom. The van der Waals surface area contributed by atoms with Crippen molar-refractivity contribution in [2.75, 3.05) is 5.32 Å². The summed E-state index contributed by atoms with van der Waals surface area (Å²) in [6.07, 6.45) is 3.35. The lowest BCUT2D eigenvalue weighted by atomic mass is 10.1. The lowest BCUT2D eigenvalue weighted by molar-refractivity contribution is -0.116. The van der Waals surface area contributed by atoms with Gasteiger partial charge in [0.25, 0.3) is 0 Å². The Morgan fingerprint density at radius 1 is 1.30 bits per heavy atom. The van der Waals surface area contributed by atoms with Gasteiger partial charge in [0.05, 0.1) is 0 Å². The van der Waals surface area contributed by atoms with Gasteiger partial charge in [-0.3, -0.25) is 14.5 Å². The molecule has 2 aromatic heterocycles. The summed E-state index contributed by atoms with van der Waals surface area (Å²) in [5.74, 6) is 0.608. The van der Waals surface area contributed by atoms with E-state index in [2.05, 4.69) is 32.6 Å². The molecule has 2 heterocycles. The highest BCUT2D eigenvalue weighted by atomic mass is 32.1. The van der Waals surface area contributed by atoms with Crippen LogP contribution in [0.5, 0.6) is 0 Å². The van der Waals surface area contributed by atoms with Crippen molar-refractivity contribution in [3.8, 4) is 11.4 Å². The van der Waals surface area contributed by atoms with Crippen LogP contribution in [-0.4, -0.2) is 30.9 Å². The molecule has 0 fully saturated rings. The van der Waals surface area contributed by atoms with Crippen molar-refractivity contribution in [3.05, 3.63) is 39.6 Å². The molecule has 0 aliphatic carbocycles. The van der Waals surface area contributed by atoms with E-state index in [9.17, 15) is 4.79 Å². The van der Waals surface area contributed by atoms with Crippen molar-refractivity contribution in [3.63, 3.8) is 0 Å². The molecule has 0 spiro atoms. The predicted octanol–water partition coefficient (Wildman–Crippen LogP) is 4.14. The minimum absolute atomic E-state index is 0.119. The number of benzene rings is 1. The third-order valence-corrected chi connectivity index (χ3v) is 5.30. The molecule has 0 aliphatic rings. The number of unbranched alkanes of at least 4 members (excludes halogenated alkanes) is 1. The summed E-state index contributed by atoms with van der Waals surface area (Å²) in [4.78, 5) is 12.3. The molecule has 0 aliphatic heterocycles. The highest BCUT2D eigenvalue weighted by Gasteiger charge is 2.12. The first-order valence-electron chi connectivity index (χ1n) is 8.91. The van der Waals surface area contributed by atoms with Crippen LogP contribution in [0.4, 0.5) is 5.13 Å². The van der Waals surface area contributed by atoms with E-state index in [1.807, 2.05) is 35.8 Å². The van der Waals surface area contributed by atoms with E-state index in [-0.39, 0.29) is 12.3 Å². The van der Waals surface area contributed by atoms with Gasteiger partial charge in [-0.1, -0.05) is 54.5 Å². The van der Waals surface area contributed by atoms with Gasteiger partial charge in [0.15, 0.2) is 10.6 Å². The van der Waals surface area contributed by atoms with E-state index in [0.29, 0.717) is 16.4 Å². The number of carbonyl (C=O) groups is 1. The van der Waals surface area contributed by atoms with Gasteiger partial charge in [-0.25, -0.2) is 0 Å². The quantitative estimate of drug-likeness (QED) is 0.553. The van der Waals surface area contributed by atoms with Gasteiger partial charge in [-0.15, -0.1) is 10.2 Å². The predicted molar refractivity (Wildman–Crippen MR) is 109 cm³/mol. The molecule has 0 atom stereocenters. The summed E-state index contributed by atoms with van der Waals surface area (Å²) in [6, 6.07) is 8.04. The molecule has 142 valence electrons. The number of hydrogen-bond donors (Lipinski definition) is 2. The molecule has 2 N–H and O–H groups in total. The second-order valence-corrected chi connectivity index (χ2v) is 7.72. The number of hydrogen-bond acceptors (Lipinski definition) is 6. The molecule has 9 heteroatoms. The van der Waals surface area contributed by atoms with Crippen molar-refractivity contribution >= 4 is 34.6 Å². The number of aromatic amines is 1. The lowest BCUT2D eigenvalue weighted by Gasteiger charge is -2.07. The molecule has 3 rings (SSSR count). The maximum absolute atomic E-state index is 12.3. The Balaban J connectivity index is 1.62. The average Bonchev–Trinajstić information content (AvgIpc) is 3.25. The fraction of sp³-hybridized carbons (Fsp3) is 0.389. The van der Waals surface area contributed by atoms with E-state index < -0.39 is 0 Å².